The van der Waals surface area contributed by atoms with Crippen molar-refractivity contribution in [3.8, 4) is 11.5 Å². The summed E-state index contributed by atoms with van der Waals surface area (Å²) in [5, 5.41) is 0. The van der Waals surface area contributed by atoms with Gasteiger partial charge in [-0.25, -0.2) is 4.39 Å². The quantitative estimate of drug-likeness (QED) is 0.272. The molecule has 0 saturated heterocycles. The van der Waals surface area contributed by atoms with E-state index in [-0.39, 0.29) is 24.4 Å². The summed E-state index contributed by atoms with van der Waals surface area (Å²) in [5.41, 5.74) is 4.77. The van der Waals surface area contributed by atoms with Crippen LogP contribution < -0.4 is 14.4 Å². The molecule has 0 N–H and O–H groups in total. The highest BCUT2D eigenvalue weighted by molar-refractivity contribution is 6.07. The van der Waals surface area contributed by atoms with E-state index < -0.39 is 0 Å². The predicted molar refractivity (Wildman–Crippen MR) is 168 cm³/mol. The van der Waals surface area contributed by atoms with Crippen molar-refractivity contribution in [2.75, 3.05) is 37.9 Å². The maximum Gasteiger partial charge on any atom is 0.258 e. The summed E-state index contributed by atoms with van der Waals surface area (Å²) in [5.74, 6) is 0.495. The maximum atomic E-state index is 14.1. The summed E-state index contributed by atoms with van der Waals surface area (Å²) < 4.78 is 24.8. The van der Waals surface area contributed by atoms with Crippen LogP contribution in [0, 0.1) is 12.7 Å². The van der Waals surface area contributed by atoms with Crippen molar-refractivity contribution in [2.45, 2.75) is 32.9 Å². The van der Waals surface area contributed by atoms with Gasteiger partial charge in [-0.1, -0.05) is 48.5 Å². The summed E-state index contributed by atoms with van der Waals surface area (Å²) >= 11 is 0. The van der Waals surface area contributed by atoms with Crippen LogP contribution in [-0.2, 0) is 13.1 Å². The molecular weight excluding hydrogens is 557 g/mol. The van der Waals surface area contributed by atoms with Gasteiger partial charge in [0, 0.05) is 50.4 Å². The van der Waals surface area contributed by atoms with E-state index in [2.05, 4.69) is 17.0 Å². The second kappa shape index (κ2) is 13.3. The number of benzene rings is 4. The molecule has 4 aromatic carbocycles. The van der Waals surface area contributed by atoms with Crippen LogP contribution in [0.1, 0.15) is 50.2 Å². The van der Waals surface area contributed by atoms with E-state index >= 15 is 0 Å². The molecule has 0 unspecified atom stereocenters. The van der Waals surface area contributed by atoms with E-state index in [1.54, 1.807) is 18.2 Å². The molecule has 8 heteroatoms. The van der Waals surface area contributed by atoms with E-state index in [4.69, 9.17) is 9.47 Å². The molecule has 7 nitrogen and oxygen atoms in total. The Morgan fingerprint density at radius 3 is 2.27 bits per heavy atom. The van der Waals surface area contributed by atoms with E-state index in [9.17, 15) is 14.0 Å². The van der Waals surface area contributed by atoms with Gasteiger partial charge >= 0.3 is 0 Å². The first-order chi connectivity index (χ1) is 21.5. The van der Waals surface area contributed by atoms with Crippen molar-refractivity contribution in [3.05, 3.63) is 125 Å². The lowest BCUT2D eigenvalue weighted by Crippen LogP contribution is -2.39. The van der Waals surface area contributed by atoms with Crippen molar-refractivity contribution in [3.63, 3.8) is 0 Å². The Kier molecular flexibility index (Phi) is 8.89. The maximum absolute atomic E-state index is 14.1. The van der Waals surface area contributed by atoms with Gasteiger partial charge < -0.3 is 19.3 Å². The van der Waals surface area contributed by atoms with E-state index in [1.165, 1.54) is 29.8 Å². The molecule has 0 radical (unpaired) electrons. The Labute approximate surface area is 257 Å². The Morgan fingerprint density at radius 2 is 1.48 bits per heavy atom. The third kappa shape index (κ3) is 6.60. The van der Waals surface area contributed by atoms with Crippen molar-refractivity contribution >= 4 is 17.5 Å². The first kappa shape index (κ1) is 29.4. The SMILES string of the molecule is Cc1cccc2c1N(C(=O)c1ccc(F)cc1)CCCN(Cc1ccccc1)CCCN(C(=O)c1ccc3c(c1)OCO3)C2. The van der Waals surface area contributed by atoms with Crippen LogP contribution in [0.3, 0.4) is 0 Å². The second-order valence-corrected chi connectivity index (χ2v) is 11.3. The Bertz CT molecular complexity index is 1630. The van der Waals surface area contributed by atoms with Gasteiger partial charge in [0.15, 0.2) is 11.5 Å². The number of nitrogens with zero attached hydrogens (tertiary/aromatic N) is 3. The molecular formula is C36H36FN3O4. The number of aryl methyl sites for hydroxylation is 1. The molecule has 4 aromatic rings. The zero-order valence-corrected chi connectivity index (χ0v) is 24.9. The van der Waals surface area contributed by atoms with Crippen molar-refractivity contribution in [1.29, 1.82) is 0 Å². The molecule has 44 heavy (non-hydrogen) atoms. The van der Waals surface area contributed by atoms with Gasteiger partial charge in [0.1, 0.15) is 5.82 Å². The molecule has 0 saturated carbocycles. The molecule has 2 aliphatic rings. The van der Waals surface area contributed by atoms with E-state index in [0.717, 1.165) is 49.3 Å². The number of fused-ring (bicyclic) bond motifs is 2. The fourth-order valence-electron chi connectivity index (χ4n) is 6.02. The van der Waals surface area contributed by atoms with Gasteiger partial charge in [0.25, 0.3) is 11.8 Å². The summed E-state index contributed by atoms with van der Waals surface area (Å²) in [6.07, 6.45) is 1.55. The Morgan fingerprint density at radius 1 is 0.750 bits per heavy atom. The monoisotopic (exact) mass is 593 g/mol. The normalized spacial score (nSPS) is 15.7. The zero-order chi connectivity index (χ0) is 30.5. The molecule has 2 aliphatic heterocycles. The molecule has 0 atom stereocenters. The number of anilines is 1. The fourth-order valence-corrected chi connectivity index (χ4v) is 6.02. The number of para-hydroxylation sites is 1. The van der Waals surface area contributed by atoms with Crippen LogP contribution in [0.25, 0.3) is 0 Å². The predicted octanol–water partition coefficient (Wildman–Crippen LogP) is 6.45. The third-order valence-electron chi connectivity index (χ3n) is 8.20. The number of amides is 2. The minimum absolute atomic E-state index is 0.112. The van der Waals surface area contributed by atoms with Crippen molar-refractivity contribution in [1.82, 2.24) is 9.80 Å². The van der Waals surface area contributed by atoms with Crippen molar-refractivity contribution < 1.29 is 23.5 Å². The molecule has 226 valence electrons. The average molecular weight is 594 g/mol. The van der Waals surface area contributed by atoms with Crippen LogP contribution in [0.2, 0.25) is 0 Å². The van der Waals surface area contributed by atoms with Gasteiger partial charge in [-0.15, -0.1) is 0 Å². The minimum Gasteiger partial charge on any atom is -0.454 e. The highest BCUT2D eigenvalue weighted by atomic mass is 19.1. The molecule has 6 rings (SSSR count). The number of hydrogen-bond donors (Lipinski definition) is 0. The van der Waals surface area contributed by atoms with E-state index in [0.29, 0.717) is 42.3 Å². The van der Waals surface area contributed by atoms with Crippen LogP contribution >= 0.6 is 0 Å². The van der Waals surface area contributed by atoms with Crippen LogP contribution in [0.5, 0.6) is 11.5 Å². The molecule has 2 amide bonds. The average Bonchev–Trinajstić information content (AvgIpc) is 3.51. The highest BCUT2D eigenvalue weighted by Gasteiger charge is 2.26. The highest BCUT2D eigenvalue weighted by Crippen LogP contribution is 2.34. The first-order valence-corrected chi connectivity index (χ1v) is 15.1. The smallest absolute Gasteiger partial charge is 0.258 e. The van der Waals surface area contributed by atoms with Crippen LogP contribution in [0.4, 0.5) is 10.1 Å². The Hall–Kier alpha value is -4.69. The topological polar surface area (TPSA) is 62.3 Å². The molecule has 0 aliphatic carbocycles. The van der Waals surface area contributed by atoms with Gasteiger partial charge in [-0.05, 0) is 78.9 Å². The van der Waals surface area contributed by atoms with Crippen molar-refractivity contribution in [2.24, 2.45) is 0 Å². The standard InChI is InChI=1S/C36H36FN3O4/c1-26-8-5-11-30-24-39(35(41)29-14-17-32-33(22-29)44-25-43-32)20-6-18-38(23-27-9-3-2-4-10-27)19-7-21-40(34(26)30)36(42)28-12-15-31(37)16-13-28/h2-5,8-17,22H,6-7,18-21,23-25H2,1H3. The zero-order valence-electron chi connectivity index (χ0n) is 24.9. The number of ether oxygens (including phenoxy) is 2. The first-order valence-electron chi connectivity index (χ1n) is 15.1. The van der Waals surface area contributed by atoms with Crippen LogP contribution in [0.15, 0.2) is 91.0 Å². The number of carbonyl (C=O) groups is 2. The van der Waals surface area contributed by atoms with Crippen LogP contribution in [-0.4, -0.2) is 54.6 Å². The van der Waals surface area contributed by atoms with E-state index in [1.807, 2.05) is 53.1 Å². The summed E-state index contributed by atoms with van der Waals surface area (Å²) in [6, 6.07) is 27.3. The van der Waals surface area contributed by atoms with Gasteiger partial charge in [-0.3, -0.25) is 14.5 Å². The number of carbonyl (C=O) groups excluding carboxylic acids is 2. The molecule has 0 aromatic heterocycles. The molecule has 0 bridgehead atoms. The van der Waals surface area contributed by atoms with Gasteiger partial charge in [-0.2, -0.15) is 0 Å². The second-order valence-electron chi connectivity index (χ2n) is 11.3. The lowest BCUT2D eigenvalue weighted by molar-refractivity contribution is 0.0733. The summed E-state index contributed by atoms with van der Waals surface area (Å²) in [6.45, 7) is 5.83. The molecule has 0 spiro atoms. The Balaban J connectivity index is 1.36. The van der Waals surface area contributed by atoms with Gasteiger partial charge in [0.2, 0.25) is 6.79 Å². The fraction of sp³-hybridized carbons (Fsp3) is 0.278. The van der Waals surface area contributed by atoms with Gasteiger partial charge in [0.05, 0.1) is 5.69 Å². The molecule has 0 fully saturated rings. The third-order valence-corrected chi connectivity index (χ3v) is 8.20. The largest absolute Gasteiger partial charge is 0.454 e. The lowest BCUT2D eigenvalue weighted by Gasteiger charge is -2.32. The number of hydrogen-bond acceptors (Lipinski definition) is 5. The number of rotatable bonds is 4. The summed E-state index contributed by atoms with van der Waals surface area (Å²) in [4.78, 5) is 34.2. The minimum atomic E-state index is -0.388. The summed E-state index contributed by atoms with van der Waals surface area (Å²) in [7, 11) is 0. The molecule has 2 heterocycles. The lowest BCUT2D eigenvalue weighted by atomic mass is 10.0. The number of halogens is 1.